The highest BCUT2D eigenvalue weighted by Gasteiger charge is 2.21. The van der Waals surface area contributed by atoms with Crippen molar-refractivity contribution in [2.45, 2.75) is 19.1 Å². The lowest BCUT2D eigenvalue weighted by molar-refractivity contribution is -0.384. The van der Waals surface area contributed by atoms with Crippen LogP contribution in [0.5, 0.6) is 5.75 Å². The fourth-order valence-corrected chi connectivity index (χ4v) is 3.67. The number of nitro benzene ring substituents is 1. The average Bonchev–Trinajstić information content (AvgIpc) is 2.87. The third-order valence-corrected chi connectivity index (χ3v) is 5.49. The highest BCUT2D eigenvalue weighted by atomic mass is 16.6. The van der Waals surface area contributed by atoms with Crippen molar-refractivity contribution in [2.75, 3.05) is 0 Å². The lowest BCUT2D eigenvalue weighted by Gasteiger charge is -2.15. The zero-order chi connectivity index (χ0) is 24.8. The molecule has 4 rings (SSSR count). The van der Waals surface area contributed by atoms with Crippen LogP contribution >= 0.6 is 0 Å². The maximum absolute atomic E-state index is 12.7. The predicted molar refractivity (Wildman–Crippen MR) is 130 cm³/mol. The average molecular weight is 470 g/mol. The molecule has 0 aliphatic rings. The number of hydrogen-bond donors (Lipinski definition) is 2. The molecular formula is C27H22N2O6. The van der Waals surface area contributed by atoms with Gasteiger partial charge >= 0.3 is 5.97 Å². The standard InChI is InChI=1S/C27H22N2O6/c30-26(28-25(27(31)32)14-18-5-2-1-3-6-18)22-10-9-21-16-24(12-11-20(21)15-22)35-17-19-7-4-8-23(13-19)29(33)34/h1-13,15-16,25H,14,17H2,(H,28,30)(H,31,32)/t25-/m0/s1. The van der Waals surface area contributed by atoms with E-state index in [4.69, 9.17) is 4.74 Å². The molecule has 4 aromatic carbocycles. The third kappa shape index (κ3) is 6.00. The fraction of sp³-hybridized carbons (Fsp3) is 0.111. The van der Waals surface area contributed by atoms with Crippen LogP contribution < -0.4 is 10.1 Å². The summed E-state index contributed by atoms with van der Waals surface area (Å²) in [7, 11) is 0. The van der Waals surface area contributed by atoms with E-state index in [0.29, 0.717) is 16.9 Å². The Kier molecular flexibility index (Phi) is 7.02. The van der Waals surface area contributed by atoms with Gasteiger partial charge in [0, 0.05) is 24.1 Å². The molecule has 4 aromatic rings. The number of rotatable bonds is 9. The van der Waals surface area contributed by atoms with E-state index in [1.807, 2.05) is 36.4 Å². The van der Waals surface area contributed by atoms with E-state index in [1.165, 1.54) is 12.1 Å². The van der Waals surface area contributed by atoms with Crippen molar-refractivity contribution in [1.82, 2.24) is 5.32 Å². The summed E-state index contributed by atoms with van der Waals surface area (Å²) in [6, 6.07) is 24.8. The van der Waals surface area contributed by atoms with Crippen molar-refractivity contribution >= 4 is 28.3 Å². The van der Waals surface area contributed by atoms with E-state index < -0.39 is 22.8 Å². The highest BCUT2D eigenvalue weighted by Crippen LogP contribution is 2.24. The van der Waals surface area contributed by atoms with Gasteiger partial charge < -0.3 is 15.2 Å². The Morgan fingerprint density at radius 1 is 0.886 bits per heavy atom. The summed E-state index contributed by atoms with van der Waals surface area (Å²) in [4.78, 5) is 34.9. The van der Waals surface area contributed by atoms with Crippen LogP contribution in [0.4, 0.5) is 5.69 Å². The summed E-state index contributed by atoms with van der Waals surface area (Å²) in [6.45, 7) is 0.172. The number of hydrogen-bond acceptors (Lipinski definition) is 5. The number of nitrogens with one attached hydrogen (secondary N) is 1. The largest absolute Gasteiger partial charge is 0.489 e. The van der Waals surface area contributed by atoms with Crippen molar-refractivity contribution in [2.24, 2.45) is 0 Å². The van der Waals surface area contributed by atoms with Crippen LogP contribution in [0, 0.1) is 10.1 Å². The summed E-state index contributed by atoms with van der Waals surface area (Å²) >= 11 is 0. The number of aliphatic carboxylic acids is 1. The van der Waals surface area contributed by atoms with Crippen LogP contribution in [0.25, 0.3) is 10.8 Å². The fourth-order valence-electron chi connectivity index (χ4n) is 3.67. The summed E-state index contributed by atoms with van der Waals surface area (Å²) in [5.41, 5.74) is 1.84. The van der Waals surface area contributed by atoms with Crippen LogP contribution in [0.15, 0.2) is 91.0 Å². The molecule has 0 saturated carbocycles. The van der Waals surface area contributed by atoms with Crippen LogP contribution in [0.1, 0.15) is 21.5 Å². The molecule has 0 heterocycles. The zero-order valence-corrected chi connectivity index (χ0v) is 18.6. The van der Waals surface area contributed by atoms with E-state index in [1.54, 1.807) is 42.5 Å². The number of nitro groups is 1. The molecular weight excluding hydrogens is 448 g/mol. The van der Waals surface area contributed by atoms with E-state index in [0.717, 1.165) is 16.3 Å². The number of carbonyl (C=O) groups excluding carboxylic acids is 1. The number of benzene rings is 4. The third-order valence-electron chi connectivity index (χ3n) is 5.49. The van der Waals surface area contributed by atoms with Crippen LogP contribution in [0.2, 0.25) is 0 Å². The first-order valence-corrected chi connectivity index (χ1v) is 10.9. The summed E-state index contributed by atoms with van der Waals surface area (Å²) < 4.78 is 5.78. The monoisotopic (exact) mass is 470 g/mol. The Hall–Kier alpha value is -4.72. The van der Waals surface area contributed by atoms with Crippen molar-refractivity contribution in [3.8, 4) is 5.75 Å². The maximum atomic E-state index is 12.7. The molecule has 0 unspecified atom stereocenters. The summed E-state index contributed by atoms with van der Waals surface area (Å²) in [6.07, 6.45) is 0.181. The second kappa shape index (κ2) is 10.5. The molecule has 0 bridgehead atoms. The lowest BCUT2D eigenvalue weighted by atomic mass is 10.0. The van der Waals surface area contributed by atoms with Gasteiger partial charge in [0.25, 0.3) is 11.6 Å². The van der Waals surface area contributed by atoms with E-state index in [9.17, 15) is 24.8 Å². The number of carboxylic acid groups (broad SMARTS) is 1. The van der Waals surface area contributed by atoms with Gasteiger partial charge in [0.15, 0.2) is 0 Å². The first-order valence-electron chi connectivity index (χ1n) is 10.9. The number of carbonyl (C=O) groups is 2. The molecule has 0 aromatic heterocycles. The number of fused-ring (bicyclic) bond motifs is 1. The maximum Gasteiger partial charge on any atom is 0.326 e. The molecule has 0 saturated heterocycles. The number of nitrogens with zero attached hydrogens (tertiary/aromatic N) is 1. The van der Waals surface area contributed by atoms with Gasteiger partial charge in [0.2, 0.25) is 0 Å². The quantitative estimate of drug-likeness (QED) is 0.269. The van der Waals surface area contributed by atoms with Crippen molar-refractivity contribution < 1.29 is 24.4 Å². The van der Waals surface area contributed by atoms with Gasteiger partial charge in [-0.15, -0.1) is 0 Å². The topological polar surface area (TPSA) is 119 Å². The molecule has 0 fully saturated rings. The van der Waals surface area contributed by atoms with Crippen LogP contribution in [-0.4, -0.2) is 27.9 Å². The van der Waals surface area contributed by atoms with Gasteiger partial charge in [-0.05, 0) is 46.2 Å². The molecule has 0 aliphatic heterocycles. The summed E-state index contributed by atoms with van der Waals surface area (Å²) in [5.74, 6) is -0.996. The molecule has 2 N–H and O–H groups in total. The zero-order valence-electron chi connectivity index (χ0n) is 18.6. The molecule has 0 spiro atoms. The predicted octanol–water partition coefficient (Wildman–Crippen LogP) is 4.75. The lowest BCUT2D eigenvalue weighted by Crippen LogP contribution is -2.42. The minimum atomic E-state index is -1.10. The van der Waals surface area contributed by atoms with E-state index >= 15 is 0 Å². The van der Waals surface area contributed by atoms with E-state index in [-0.39, 0.29) is 18.7 Å². The molecule has 176 valence electrons. The molecule has 1 amide bonds. The molecule has 8 nitrogen and oxygen atoms in total. The van der Waals surface area contributed by atoms with Crippen LogP contribution in [0.3, 0.4) is 0 Å². The number of amides is 1. The molecule has 35 heavy (non-hydrogen) atoms. The normalized spacial score (nSPS) is 11.5. The van der Waals surface area contributed by atoms with Crippen molar-refractivity contribution in [3.63, 3.8) is 0 Å². The molecule has 8 heteroatoms. The molecule has 0 radical (unpaired) electrons. The second-order valence-corrected chi connectivity index (χ2v) is 7.99. The number of ether oxygens (including phenoxy) is 1. The van der Waals surface area contributed by atoms with Gasteiger partial charge in [-0.25, -0.2) is 4.79 Å². The minimum Gasteiger partial charge on any atom is -0.489 e. The van der Waals surface area contributed by atoms with Crippen molar-refractivity contribution in [3.05, 3.63) is 118 Å². The first kappa shape index (κ1) is 23.4. The highest BCUT2D eigenvalue weighted by molar-refractivity contribution is 6.00. The molecule has 0 aliphatic carbocycles. The SMILES string of the molecule is O=C(N[C@@H](Cc1ccccc1)C(=O)O)c1ccc2cc(OCc3cccc([N+](=O)[O-])c3)ccc2c1. The van der Waals surface area contributed by atoms with Gasteiger partial charge in [-0.2, -0.15) is 0 Å². The number of carboxylic acids is 1. The minimum absolute atomic E-state index is 0.00400. The van der Waals surface area contributed by atoms with E-state index in [2.05, 4.69) is 5.32 Å². The number of non-ortho nitro benzene ring substituents is 1. The Labute approximate surface area is 200 Å². The second-order valence-electron chi connectivity index (χ2n) is 7.99. The summed E-state index contributed by atoms with van der Waals surface area (Å²) in [5, 5.41) is 24.7. The Morgan fingerprint density at radius 3 is 2.34 bits per heavy atom. The molecule has 1 atom stereocenters. The van der Waals surface area contributed by atoms with Gasteiger partial charge in [0.05, 0.1) is 4.92 Å². The first-order chi connectivity index (χ1) is 16.9. The van der Waals surface area contributed by atoms with Crippen molar-refractivity contribution in [1.29, 1.82) is 0 Å². The Bertz CT molecular complexity index is 1390. The Morgan fingerprint density at radius 2 is 1.60 bits per heavy atom. The van der Waals surface area contributed by atoms with Gasteiger partial charge in [-0.1, -0.05) is 54.6 Å². The smallest absolute Gasteiger partial charge is 0.326 e. The Balaban J connectivity index is 1.44. The van der Waals surface area contributed by atoms with Gasteiger partial charge in [0.1, 0.15) is 18.4 Å². The van der Waals surface area contributed by atoms with Gasteiger partial charge in [-0.3, -0.25) is 14.9 Å². The van der Waals surface area contributed by atoms with Crippen LogP contribution in [-0.2, 0) is 17.8 Å².